The van der Waals surface area contributed by atoms with Gasteiger partial charge in [0.25, 0.3) is 0 Å². The van der Waals surface area contributed by atoms with Crippen LogP contribution < -0.4 is 0 Å². The standard InChI is InChI=1S/C14H23NO4/c1-13(2,3)19-12(17)15-8-9-18-14(10-15)6-4-11(16)5-7-14/h4-10H2,1-3H3. The van der Waals surface area contributed by atoms with E-state index < -0.39 is 5.60 Å². The van der Waals surface area contributed by atoms with E-state index in [0.717, 1.165) is 0 Å². The number of rotatable bonds is 0. The van der Waals surface area contributed by atoms with Crippen molar-refractivity contribution in [2.24, 2.45) is 0 Å². The predicted octanol–water partition coefficient (Wildman–Crippen LogP) is 2.14. The minimum Gasteiger partial charge on any atom is -0.444 e. The number of Topliss-reactive ketones (excluding diaryl/α,β-unsaturated/α-hetero) is 1. The summed E-state index contributed by atoms with van der Waals surface area (Å²) in [5.41, 5.74) is -0.811. The molecule has 5 nitrogen and oxygen atoms in total. The number of ether oxygens (including phenoxy) is 2. The summed E-state index contributed by atoms with van der Waals surface area (Å²) in [4.78, 5) is 25.1. The predicted molar refractivity (Wildman–Crippen MR) is 70.0 cm³/mol. The molecule has 0 radical (unpaired) electrons. The molecule has 0 aromatic carbocycles. The van der Waals surface area contributed by atoms with E-state index >= 15 is 0 Å². The minimum absolute atomic E-state index is 0.285. The van der Waals surface area contributed by atoms with Gasteiger partial charge in [-0.1, -0.05) is 0 Å². The van der Waals surface area contributed by atoms with Crippen molar-refractivity contribution in [1.82, 2.24) is 4.90 Å². The fourth-order valence-electron chi connectivity index (χ4n) is 2.61. The first-order chi connectivity index (χ1) is 8.80. The molecule has 1 aliphatic heterocycles. The second-order valence-electron chi connectivity index (χ2n) is 6.47. The summed E-state index contributed by atoms with van der Waals surface area (Å²) in [5.74, 6) is 0.295. The van der Waals surface area contributed by atoms with Crippen molar-refractivity contribution in [2.75, 3.05) is 19.7 Å². The van der Waals surface area contributed by atoms with Gasteiger partial charge in [-0.25, -0.2) is 4.79 Å². The maximum absolute atomic E-state index is 12.1. The molecule has 5 heteroatoms. The molecule has 1 spiro atoms. The largest absolute Gasteiger partial charge is 0.444 e. The summed E-state index contributed by atoms with van der Waals surface area (Å²) in [6.45, 7) is 7.20. The van der Waals surface area contributed by atoms with Gasteiger partial charge in [0.1, 0.15) is 11.4 Å². The third-order valence-electron chi connectivity index (χ3n) is 3.62. The van der Waals surface area contributed by atoms with Gasteiger partial charge >= 0.3 is 6.09 Å². The molecule has 19 heavy (non-hydrogen) atoms. The van der Waals surface area contributed by atoms with Gasteiger partial charge in [-0.05, 0) is 33.6 Å². The van der Waals surface area contributed by atoms with Crippen molar-refractivity contribution in [2.45, 2.75) is 57.7 Å². The molecular weight excluding hydrogens is 246 g/mol. The van der Waals surface area contributed by atoms with Crippen molar-refractivity contribution in [3.63, 3.8) is 0 Å². The summed E-state index contributed by atoms with van der Waals surface area (Å²) in [5, 5.41) is 0. The fourth-order valence-corrected chi connectivity index (χ4v) is 2.61. The number of nitrogens with zero attached hydrogens (tertiary/aromatic N) is 1. The number of hydrogen-bond donors (Lipinski definition) is 0. The third-order valence-corrected chi connectivity index (χ3v) is 3.62. The molecule has 2 rings (SSSR count). The van der Waals surface area contributed by atoms with Gasteiger partial charge in [-0.15, -0.1) is 0 Å². The Morgan fingerprint density at radius 3 is 2.53 bits per heavy atom. The van der Waals surface area contributed by atoms with E-state index in [2.05, 4.69) is 0 Å². The Morgan fingerprint density at radius 2 is 1.95 bits per heavy atom. The van der Waals surface area contributed by atoms with Gasteiger partial charge in [0, 0.05) is 19.4 Å². The molecule has 2 aliphatic rings. The van der Waals surface area contributed by atoms with Gasteiger partial charge in [-0.3, -0.25) is 4.79 Å². The molecule has 0 unspecified atom stereocenters. The molecule has 1 aliphatic carbocycles. The zero-order valence-electron chi connectivity index (χ0n) is 12.0. The fraction of sp³-hybridized carbons (Fsp3) is 0.857. The average molecular weight is 269 g/mol. The topological polar surface area (TPSA) is 55.8 Å². The van der Waals surface area contributed by atoms with Crippen LogP contribution in [0.25, 0.3) is 0 Å². The number of hydrogen-bond acceptors (Lipinski definition) is 4. The lowest BCUT2D eigenvalue weighted by Gasteiger charge is -2.44. The smallest absolute Gasteiger partial charge is 0.410 e. The van der Waals surface area contributed by atoms with Crippen molar-refractivity contribution in [3.8, 4) is 0 Å². The van der Waals surface area contributed by atoms with Gasteiger partial charge in [-0.2, -0.15) is 0 Å². The Labute approximate surface area is 114 Å². The van der Waals surface area contributed by atoms with E-state index in [1.807, 2.05) is 20.8 Å². The molecule has 1 heterocycles. The molecule has 2 fully saturated rings. The Bertz CT molecular complexity index is 362. The van der Waals surface area contributed by atoms with Crippen molar-refractivity contribution in [1.29, 1.82) is 0 Å². The second kappa shape index (κ2) is 5.12. The number of carbonyl (C=O) groups excluding carboxylic acids is 2. The monoisotopic (exact) mass is 269 g/mol. The first-order valence-corrected chi connectivity index (χ1v) is 6.93. The summed E-state index contributed by atoms with van der Waals surface area (Å²) in [6, 6.07) is 0. The molecular formula is C14H23NO4. The van der Waals surface area contributed by atoms with Crippen LogP contribution in [-0.4, -0.2) is 47.7 Å². The Kier molecular flexibility index (Phi) is 3.85. The van der Waals surface area contributed by atoms with Crippen LogP contribution in [0, 0.1) is 0 Å². The highest BCUT2D eigenvalue weighted by molar-refractivity contribution is 5.79. The second-order valence-corrected chi connectivity index (χ2v) is 6.47. The number of ketones is 1. The zero-order chi connectivity index (χ0) is 14.1. The normalized spacial score (nSPS) is 23.5. The van der Waals surface area contributed by atoms with E-state index in [4.69, 9.17) is 9.47 Å². The van der Waals surface area contributed by atoms with Crippen LogP contribution in [0.5, 0.6) is 0 Å². The maximum atomic E-state index is 12.1. The average Bonchev–Trinajstić information content (AvgIpc) is 2.32. The minimum atomic E-state index is -0.481. The highest BCUT2D eigenvalue weighted by Gasteiger charge is 2.41. The first kappa shape index (κ1) is 14.3. The van der Waals surface area contributed by atoms with E-state index in [1.54, 1.807) is 4.90 Å². The molecule has 1 saturated carbocycles. The van der Waals surface area contributed by atoms with Crippen LogP contribution in [0.1, 0.15) is 46.5 Å². The van der Waals surface area contributed by atoms with Crippen molar-refractivity contribution < 1.29 is 19.1 Å². The van der Waals surface area contributed by atoms with Crippen LogP contribution in [0.2, 0.25) is 0 Å². The van der Waals surface area contributed by atoms with Crippen molar-refractivity contribution in [3.05, 3.63) is 0 Å². The molecule has 1 saturated heterocycles. The lowest BCUT2D eigenvalue weighted by Crippen LogP contribution is -2.55. The third kappa shape index (κ3) is 3.69. The summed E-state index contributed by atoms with van der Waals surface area (Å²) >= 11 is 0. The summed E-state index contributed by atoms with van der Waals surface area (Å²) < 4.78 is 11.3. The Morgan fingerprint density at radius 1 is 1.32 bits per heavy atom. The first-order valence-electron chi connectivity index (χ1n) is 6.93. The molecule has 0 atom stereocenters. The van der Waals surface area contributed by atoms with Gasteiger partial charge in [0.05, 0.1) is 18.8 Å². The quantitative estimate of drug-likeness (QED) is 0.676. The highest BCUT2D eigenvalue weighted by atomic mass is 16.6. The zero-order valence-corrected chi connectivity index (χ0v) is 12.0. The van der Waals surface area contributed by atoms with Crippen LogP contribution in [0.15, 0.2) is 0 Å². The van der Waals surface area contributed by atoms with Crippen LogP contribution in [-0.2, 0) is 14.3 Å². The van der Waals surface area contributed by atoms with Crippen LogP contribution in [0.4, 0.5) is 4.79 Å². The van der Waals surface area contributed by atoms with E-state index in [-0.39, 0.29) is 11.7 Å². The van der Waals surface area contributed by atoms with Crippen LogP contribution in [0.3, 0.4) is 0 Å². The summed E-state index contributed by atoms with van der Waals surface area (Å²) in [6.07, 6.45) is 2.26. The Hall–Kier alpha value is -1.10. The molecule has 0 bridgehead atoms. The lowest BCUT2D eigenvalue weighted by molar-refractivity contribution is -0.142. The molecule has 1 amide bonds. The van der Waals surface area contributed by atoms with Gasteiger partial charge in [0.2, 0.25) is 0 Å². The van der Waals surface area contributed by atoms with Gasteiger partial charge < -0.3 is 14.4 Å². The van der Waals surface area contributed by atoms with Crippen LogP contribution >= 0.6 is 0 Å². The molecule has 0 N–H and O–H groups in total. The number of amides is 1. The van der Waals surface area contributed by atoms with Crippen molar-refractivity contribution >= 4 is 11.9 Å². The van der Waals surface area contributed by atoms with Gasteiger partial charge in [0.15, 0.2) is 0 Å². The van der Waals surface area contributed by atoms with E-state index in [0.29, 0.717) is 51.2 Å². The molecule has 0 aromatic rings. The number of morpholine rings is 1. The molecule has 108 valence electrons. The highest BCUT2D eigenvalue weighted by Crippen LogP contribution is 2.33. The van der Waals surface area contributed by atoms with E-state index in [1.165, 1.54) is 0 Å². The molecule has 0 aromatic heterocycles. The maximum Gasteiger partial charge on any atom is 0.410 e. The summed E-state index contributed by atoms with van der Waals surface area (Å²) in [7, 11) is 0. The Balaban J connectivity index is 1.97. The SMILES string of the molecule is CC(C)(C)OC(=O)N1CCOC2(CCC(=O)CC2)C1. The lowest BCUT2D eigenvalue weighted by atomic mass is 9.83. The van der Waals surface area contributed by atoms with E-state index in [9.17, 15) is 9.59 Å². The number of carbonyl (C=O) groups is 2.